The molecule has 0 amide bonds. The van der Waals surface area contributed by atoms with E-state index >= 15 is 0 Å². The van der Waals surface area contributed by atoms with Gasteiger partial charge in [-0.1, -0.05) is 6.92 Å². The third-order valence-electron chi connectivity index (χ3n) is 3.22. The van der Waals surface area contributed by atoms with Crippen molar-refractivity contribution in [3.05, 3.63) is 0 Å². The van der Waals surface area contributed by atoms with Crippen LogP contribution < -0.4 is 10.0 Å². The lowest BCUT2D eigenvalue weighted by atomic mass is 10.3. The number of piperazine rings is 1. The molecular weight excluding hydrogens is 214 g/mol. The molecule has 0 aromatic carbocycles. The minimum atomic E-state index is -3.22. The smallest absolute Gasteiger partial charge is 0.279 e. The molecule has 0 spiro atoms. The first-order valence-electron chi connectivity index (χ1n) is 5.55. The number of hydrogen-bond acceptors (Lipinski definition) is 3. The van der Waals surface area contributed by atoms with Crippen LogP contribution in [0.5, 0.6) is 0 Å². The standard InChI is InChI=1S/C9H19N3O2S/c1-8-6-9(8)7-11-15(13,14)12-4-2-10-3-5-12/h8-11H,2-7H2,1H3. The predicted molar refractivity (Wildman–Crippen MR) is 58.6 cm³/mol. The van der Waals surface area contributed by atoms with Gasteiger partial charge in [-0.25, -0.2) is 4.72 Å². The molecule has 0 radical (unpaired) electrons. The second-order valence-corrected chi connectivity index (χ2v) is 6.23. The van der Waals surface area contributed by atoms with Gasteiger partial charge in [-0.05, 0) is 18.3 Å². The van der Waals surface area contributed by atoms with Crippen molar-refractivity contribution in [3.8, 4) is 0 Å². The molecule has 0 aromatic heterocycles. The number of nitrogens with zero attached hydrogens (tertiary/aromatic N) is 1. The van der Waals surface area contributed by atoms with Crippen LogP contribution in [0.1, 0.15) is 13.3 Å². The fourth-order valence-corrected chi connectivity index (χ4v) is 3.14. The Kier molecular flexibility index (Phi) is 3.30. The summed E-state index contributed by atoms with van der Waals surface area (Å²) in [4.78, 5) is 0. The van der Waals surface area contributed by atoms with Crippen molar-refractivity contribution in [2.24, 2.45) is 11.8 Å². The first-order valence-corrected chi connectivity index (χ1v) is 6.99. The summed E-state index contributed by atoms with van der Waals surface area (Å²) >= 11 is 0. The van der Waals surface area contributed by atoms with E-state index in [0.29, 0.717) is 31.5 Å². The molecule has 2 atom stereocenters. The van der Waals surface area contributed by atoms with Gasteiger partial charge < -0.3 is 5.32 Å². The quantitative estimate of drug-likeness (QED) is 0.680. The van der Waals surface area contributed by atoms with E-state index in [2.05, 4.69) is 17.0 Å². The van der Waals surface area contributed by atoms with Gasteiger partial charge in [0.1, 0.15) is 0 Å². The number of nitrogens with one attached hydrogen (secondary N) is 2. The number of hydrogen-bond donors (Lipinski definition) is 2. The molecule has 1 aliphatic heterocycles. The molecule has 88 valence electrons. The maximum Gasteiger partial charge on any atom is 0.279 e. The summed E-state index contributed by atoms with van der Waals surface area (Å²) in [6.45, 7) is 5.42. The van der Waals surface area contributed by atoms with Gasteiger partial charge in [-0.15, -0.1) is 0 Å². The maximum absolute atomic E-state index is 11.8. The van der Waals surface area contributed by atoms with E-state index in [1.54, 1.807) is 0 Å². The Bertz CT molecular complexity index is 311. The van der Waals surface area contributed by atoms with E-state index in [1.165, 1.54) is 4.31 Å². The average Bonchev–Trinajstić information content (AvgIpc) is 2.93. The normalized spacial score (nSPS) is 32.9. The molecule has 2 fully saturated rings. The monoisotopic (exact) mass is 233 g/mol. The summed E-state index contributed by atoms with van der Waals surface area (Å²) in [6.07, 6.45) is 1.16. The van der Waals surface area contributed by atoms with Crippen LogP contribution >= 0.6 is 0 Å². The van der Waals surface area contributed by atoms with Gasteiger partial charge in [0.05, 0.1) is 0 Å². The average molecular weight is 233 g/mol. The lowest BCUT2D eigenvalue weighted by molar-refractivity contribution is 0.354. The molecular formula is C9H19N3O2S. The molecule has 0 bridgehead atoms. The van der Waals surface area contributed by atoms with E-state index in [4.69, 9.17) is 0 Å². The van der Waals surface area contributed by atoms with Crippen LogP contribution in [0, 0.1) is 11.8 Å². The zero-order chi connectivity index (χ0) is 10.9. The molecule has 1 saturated carbocycles. The Balaban J connectivity index is 1.82. The second kappa shape index (κ2) is 4.37. The van der Waals surface area contributed by atoms with E-state index in [-0.39, 0.29) is 0 Å². The molecule has 5 nitrogen and oxygen atoms in total. The molecule has 1 aliphatic carbocycles. The summed E-state index contributed by atoms with van der Waals surface area (Å²) < 4.78 is 27.8. The van der Waals surface area contributed by atoms with E-state index in [1.807, 2.05) is 0 Å². The van der Waals surface area contributed by atoms with E-state index < -0.39 is 10.2 Å². The molecule has 0 aromatic rings. The topological polar surface area (TPSA) is 61.4 Å². The molecule has 2 unspecified atom stereocenters. The Morgan fingerprint density at radius 2 is 2.00 bits per heavy atom. The van der Waals surface area contributed by atoms with Gasteiger partial charge in [0.2, 0.25) is 0 Å². The lowest BCUT2D eigenvalue weighted by Crippen LogP contribution is -2.50. The molecule has 1 heterocycles. The van der Waals surface area contributed by atoms with Gasteiger partial charge >= 0.3 is 0 Å². The van der Waals surface area contributed by atoms with Crippen molar-refractivity contribution in [1.82, 2.24) is 14.3 Å². The summed E-state index contributed by atoms with van der Waals surface area (Å²) in [5.41, 5.74) is 0. The van der Waals surface area contributed by atoms with Crippen LogP contribution in [0.4, 0.5) is 0 Å². The summed E-state index contributed by atoms with van der Waals surface area (Å²) in [6, 6.07) is 0. The molecule has 1 saturated heterocycles. The largest absolute Gasteiger partial charge is 0.314 e. The molecule has 2 aliphatic rings. The zero-order valence-corrected chi connectivity index (χ0v) is 9.89. The van der Waals surface area contributed by atoms with Gasteiger partial charge in [0, 0.05) is 32.7 Å². The third kappa shape index (κ3) is 2.90. The Hall–Kier alpha value is -0.170. The zero-order valence-electron chi connectivity index (χ0n) is 9.07. The van der Waals surface area contributed by atoms with Crippen LogP contribution in [0.25, 0.3) is 0 Å². The second-order valence-electron chi connectivity index (χ2n) is 4.48. The number of rotatable bonds is 4. The Morgan fingerprint density at radius 3 is 2.53 bits per heavy atom. The van der Waals surface area contributed by atoms with E-state index in [0.717, 1.165) is 19.5 Å². The van der Waals surface area contributed by atoms with Crippen molar-refractivity contribution in [1.29, 1.82) is 0 Å². The van der Waals surface area contributed by atoms with Crippen LogP contribution in [0.15, 0.2) is 0 Å². The highest BCUT2D eigenvalue weighted by Crippen LogP contribution is 2.36. The fourth-order valence-electron chi connectivity index (χ4n) is 1.87. The summed E-state index contributed by atoms with van der Waals surface area (Å²) in [5, 5.41) is 3.14. The molecule has 2 N–H and O–H groups in total. The highest BCUT2D eigenvalue weighted by atomic mass is 32.2. The van der Waals surface area contributed by atoms with Crippen molar-refractivity contribution >= 4 is 10.2 Å². The van der Waals surface area contributed by atoms with Crippen molar-refractivity contribution in [3.63, 3.8) is 0 Å². The van der Waals surface area contributed by atoms with Gasteiger partial charge in [0.15, 0.2) is 0 Å². The summed E-state index contributed by atoms with van der Waals surface area (Å²) in [5.74, 6) is 1.25. The van der Waals surface area contributed by atoms with Crippen molar-refractivity contribution in [2.75, 3.05) is 32.7 Å². The van der Waals surface area contributed by atoms with Gasteiger partial charge in [-0.2, -0.15) is 12.7 Å². The van der Waals surface area contributed by atoms with Crippen LogP contribution in [0.3, 0.4) is 0 Å². The van der Waals surface area contributed by atoms with Gasteiger partial charge in [0.25, 0.3) is 10.2 Å². The van der Waals surface area contributed by atoms with E-state index in [9.17, 15) is 8.42 Å². The van der Waals surface area contributed by atoms with Crippen LogP contribution in [-0.2, 0) is 10.2 Å². The van der Waals surface area contributed by atoms with Crippen LogP contribution in [-0.4, -0.2) is 45.4 Å². The minimum absolute atomic E-state index is 0.558. The molecule has 15 heavy (non-hydrogen) atoms. The predicted octanol–water partition coefficient (Wildman–Crippen LogP) is -0.618. The first kappa shape index (κ1) is 11.3. The van der Waals surface area contributed by atoms with Crippen molar-refractivity contribution < 1.29 is 8.42 Å². The van der Waals surface area contributed by atoms with Crippen molar-refractivity contribution in [2.45, 2.75) is 13.3 Å². The van der Waals surface area contributed by atoms with Crippen LogP contribution in [0.2, 0.25) is 0 Å². The SMILES string of the molecule is CC1CC1CNS(=O)(=O)N1CCNCC1. The first-order chi connectivity index (χ1) is 7.09. The maximum atomic E-state index is 11.8. The molecule has 2 rings (SSSR count). The highest BCUT2D eigenvalue weighted by Gasteiger charge is 2.34. The Labute approximate surface area is 91.4 Å². The summed E-state index contributed by atoms with van der Waals surface area (Å²) in [7, 11) is -3.22. The molecule has 6 heteroatoms. The third-order valence-corrected chi connectivity index (χ3v) is 4.80. The lowest BCUT2D eigenvalue weighted by Gasteiger charge is -2.26. The Morgan fingerprint density at radius 1 is 1.40 bits per heavy atom. The highest BCUT2D eigenvalue weighted by molar-refractivity contribution is 7.87. The fraction of sp³-hybridized carbons (Fsp3) is 1.00. The van der Waals surface area contributed by atoms with Gasteiger partial charge in [-0.3, -0.25) is 0 Å². The minimum Gasteiger partial charge on any atom is -0.314 e.